The number of nitrogens with one attached hydrogen (secondary N) is 2. The fourth-order valence-corrected chi connectivity index (χ4v) is 2.09. The van der Waals surface area contributed by atoms with Gasteiger partial charge >= 0.3 is 0 Å². The summed E-state index contributed by atoms with van der Waals surface area (Å²) in [4.78, 5) is 7.08. The largest absolute Gasteiger partial charge is 0.369 e. The Labute approximate surface area is 103 Å². The molecule has 2 heterocycles. The van der Waals surface area contributed by atoms with Gasteiger partial charge in [-0.2, -0.15) is 0 Å². The van der Waals surface area contributed by atoms with E-state index in [-0.39, 0.29) is 0 Å². The molecule has 0 aliphatic carbocycles. The number of fused-ring (bicyclic) bond motifs is 1. The van der Waals surface area contributed by atoms with Gasteiger partial charge in [-0.25, -0.2) is 4.98 Å². The molecule has 0 spiro atoms. The van der Waals surface area contributed by atoms with Crippen molar-refractivity contribution in [2.75, 3.05) is 5.32 Å². The summed E-state index contributed by atoms with van der Waals surface area (Å²) in [5.41, 5.74) is 2.54. The highest BCUT2D eigenvalue weighted by Crippen LogP contribution is 2.36. The van der Waals surface area contributed by atoms with E-state index in [1.165, 1.54) is 0 Å². The number of anilines is 1. The van der Waals surface area contributed by atoms with Crippen LogP contribution in [-0.2, 0) is 0 Å². The SMILES string of the molecule is OC1Nc2ccc(Cl)cc2/C1=C/c1ncc[nH]1. The Morgan fingerprint density at radius 1 is 1.41 bits per heavy atom. The zero-order valence-electron chi connectivity index (χ0n) is 8.81. The van der Waals surface area contributed by atoms with E-state index in [9.17, 15) is 5.11 Å². The van der Waals surface area contributed by atoms with E-state index in [1.54, 1.807) is 24.5 Å². The van der Waals surface area contributed by atoms with Crippen molar-refractivity contribution in [2.45, 2.75) is 6.23 Å². The Morgan fingerprint density at radius 3 is 3.06 bits per heavy atom. The Balaban J connectivity index is 2.10. The van der Waals surface area contributed by atoms with Gasteiger partial charge < -0.3 is 15.4 Å². The minimum Gasteiger partial charge on any atom is -0.369 e. The smallest absolute Gasteiger partial charge is 0.151 e. The monoisotopic (exact) mass is 247 g/mol. The van der Waals surface area contributed by atoms with Crippen molar-refractivity contribution >= 4 is 28.9 Å². The van der Waals surface area contributed by atoms with Gasteiger partial charge in [0.25, 0.3) is 0 Å². The van der Waals surface area contributed by atoms with E-state index >= 15 is 0 Å². The van der Waals surface area contributed by atoms with Crippen molar-refractivity contribution in [2.24, 2.45) is 0 Å². The molecule has 86 valence electrons. The molecule has 3 rings (SSSR count). The molecule has 5 heteroatoms. The van der Waals surface area contributed by atoms with Crippen molar-refractivity contribution in [3.63, 3.8) is 0 Å². The second-order valence-corrected chi connectivity index (χ2v) is 4.25. The summed E-state index contributed by atoms with van der Waals surface area (Å²) >= 11 is 5.96. The number of rotatable bonds is 1. The van der Waals surface area contributed by atoms with Gasteiger partial charge in [0.15, 0.2) is 6.23 Å². The van der Waals surface area contributed by atoms with Crippen LogP contribution in [0.3, 0.4) is 0 Å². The standard InChI is InChI=1S/C12H10ClN3O/c13-7-1-2-10-8(5-7)9(12(17)16-10)6-11-14-3-4-15-11/h1-6,12,16-17H,(H,14,15)/b9-6-. The van der Waals surface area contributed by atoms with Crippen molar-refractivity contribution in [1.82, 2.24) is 9.97 Å². The number of hydrogen-bond acceptors (Lipinski definition) is 3. The van der Waals surface area contributed by atoms with Crippen LogP contribution in [-0.4, -0.2) is 21.3 Å². The third kappa shape index (κ3) is 1.81. The van der Waals surface area contributed by atoms with Crippen LogP contribution in [0.15, 0.2) is 30.6 Å². The predicted octanol–water partition coefficient (Wildman–Crippen LogP) is 2.35. The molecule has 3 N–H and O–H groups in total. The molecule has 0 radical (unpaired) electrons. The predicted molar refractivity (Wildman–Crippen MR) is 67.5 cm³/mol. The summed E-state index contributed by atoms with van der Waals surface area (Å²) in [5.74, 6) is 0.702. The summed E-state index contributed by atoms with van der Waals surface area (Å²) in [5, 5.41) is 13.6. The molecule has 1 aliphatic rings. The lowest BCUT2D eigenvalue weighted by atomic mass is 10.1. The molecule has 0 fully saturated rings. The third-order valence-electron chi connectivity index (χ3n) is 2.69. The number of aromatic amines is 1. The van der Waals surface area contributed by atoms with E-state index in [4.69, 9.17) is 11.6 Å². The van der Waals surface area contributed by atoms with E-state index in [0.717, 1.165) is 16.8 Å². The van der Waals surface area contributed by atoms with Crippen LogP contribution >= 0.6 is 11.6 Å². The lowest BCUT2D eigenvalue weighted by Crippen LogP contribution is -2.12. The van der Waals surface area contributed by atoms with Crippen LogP contribution in [0.1, 0.15) is 11.4 Å². The van der Waals surface area contributed by atoms with Crippen molar-refractivity contribution in [1.29, 1.82) is 0 Å². The molecule has 0 bridgehead atoms. The Hall–Kier alpha value is -1.78. The first-order chi connectivity index (χ1) is 8.24. The quantitative estimate of drug-likeness (QED) is 0.725. The number of aliphatic hydroxyl groups is 1. The van der Waals surface area contributed by atoms with Gasteiger partial charge in [0.2, 0.25) is 0 Å². The molecule has 2 aromatic rings. The van der Waals surface area contributed by atoms with Gasteiger partial charge in [0.05, 0.1) is 0 Å². The zero-order valence-corrected chi connectivity index (χ0v) is 9.57. The first kappa shape index (κ1) is 10.4. The highest BCUT2D eigenvalue weighted by atomic mass is 35.5. The van der Waals surface area contributed by atoms with Crippen LogP contribution in [0.5, 0.6) is 0 Å². The number of benzene rings is 1. The fourth-order valence-electron chi connectivity index (χ4n) is 1.91. The summed E-state index contributed by atoms with van der Waals surface area (Å²) in [6.45, 7) is 0. The lowest BCUT2D eigenvalue weighted by molar-refractivity contribution is 0.266. The molecule has 0 saturated carbocycles. The van der Waals surface area contributed by atoms with Crippen molar-refractivity contribution in [3.8, 4) is 0 Å². The maximum Gasteiger partial charge on any atom is 0.151 e. The van der Waals surface area contributed by atoms with Gasteiger partial charge in [-0.05, 0) is 24.3 Å². The Bertz CT molecular complexity index is 577. The van der Waals surface area contributed by atoms with Crippen LogP contribution in [0.25, 0.3) is 11.6 Å². The first-order valence-electron chi connectivity index (χ1n) is 5.19. The minimum absolute atomic E-state index is 0.644. The second-order valence-electron chi connectivity index (χ2n) is 3.81. The van der Waals surface area contributed by atoms with Gasteiger partial charge in [0, 0.05) is 34.2 Å². The molecule has 1 unspecified atom stereocenters. The van der Waals surface area contributed by atoms with Gasteiger partial charge in [0.1, 0.15) is 5.82 Å². The van der Waals surface area contributed by atoms with E-state index in [2.05, 4.69) is 15.3 Å². The van der Waals surface area contributed by atoms with Crippen LogP contribution < -0.4 is 5.32 Å². The minimum atomic E-state index is -0.728. The Morgan fingerprint density at radius 2 is 2.29 bits per heavy atom. The van der Waals surface area contributed by atoms with E-state index in [0.29, 0.717) is 10.8 Å². The maximum absolute atomic E-state index is 9.94. The summed E-state index contributed by atoms with van der Waals surface area (Å²) < 4.78 is 0. The first-order valence-corrected chi connectivity index (χ1v) is 5.57. The highest BCUT2D eigenvalue weighted by Gasteiger charge is 2.24. The molecule has 1 aliphatic heterocycles. The van der Waals surface area contributed by atoms with Gasteiger partial charge in [-0.3, -0.25) is 0 Å². The maximum atomic E-state index is 9.94. The molecule has 1 aromatic heterocycles. The normalized spacial score (nSPS) is 20.4. The molecule has 0 amide bonds. The van der Waals surface area contributed by atoms with Crippen LogP contribution in [0.2, 0.25) is 5.02 Å². The second kappa shape index (κ2) is 3.91. The van der Waals surface area contributed by atoms with E-state index < -0.39 is 6.23 Å². The topological polar surface area (TPSA) is 60.9 Å². The number of H-pyrrole nitrogens is 1. The van der Waals surface area contributed by atoms with E-state index in [1.807, 2.05) is 12.1 Å². The number of aromatic nitrogens is 2. The number of imidazole rings is 1. The van der Waals surface area contributed by atoms with Crippen molar-refractivity contribution in [3.05, 3.63) is 47.0 Å². The number of aliphatic hydroxyl groups excluding tert-OH is 1. The summed E-state index contributed by atoms with van der Waals surface area (Å²) in [6.07, 6.45) is 4.48. The molecule has 4 nitrogen and oxygen atoms in total. The number of hydrogen-bond donors (Lipinski definition) is 3. The third-order valence-corrected chi connectivity index (χ3v) is 2.93. The fraction of sp³-hybridized carbons (Fsp3) is 0.0833. The van der Waals surface area contributed by atoms with Crippen LogP contribution in [0, 0.1) is 0 Å². The lowest BCUT2D eigenvalue weighted by Gasteiger charge is -2.04. The average molecular weight is 248 g/mol. The van der Waals surface area contributed by atoms with Gasteiger partial charge in [-0.1, -0.05) is 11.6 Å². The van der Waals surface area contributed by atoms with Gasteiger partial charge in [-0.15, -0.1) is 0 Å². The molecule has 1 aromatic carbocycles. The molecule has 17 heavy (non-hydrogen) atoms. The molecule has 1 atom stereocenters. The summed E-state index contributed by atoms with van der Waals surface area (Å²) in [7, 11) is 0. The number of halogens is 1. The zero-order chi connectivity index (χ0) is 11.8. The molecular formula is C12H10ClN3O. The van der Waals surface area contributed by atoms with Crippen molar-refractivity contribution < 1.29 is 5.11 Å². The highest BCUT2D eigenvalue weighted by molar-refractivity contribution is 6.31. The van der Waals surface area contributed by atoms with Crippen LogP contribution in [0.4, 0.5) is 5.69 Å². The average Bonchev–Trinajstić information content (AvgIpc) is 2.90. The summed E-state index contributed by atoms with van der Waals surface area (Å²) in [6, 6.07) is 5.47. The molecular weight excluding hydrogens is 238 g/mol. The number of nitrogens with zero attached hydrogens (tertiary/aromatic N) is 1. The Kier molecular flexibility index (Phi) is 2.39. The molecule has 0 saturated heterocycles.